The van der Waals surface area contributed by atoms with Crippen molar-refractivity contribution in [2.45, 2.75) is 56.7 Å². The number of β-lactam (4-membered cyclic amide) rings is 1. The van der Waals surface area contributed by atoms with Crippen LogP contribution in [-0.2, 0) is 25.7 Å². The monoisotopic (exact) mass is 607 g/mol. The van der Waals surface area contributed by atoms with Gasteiger partial charge in [-0.1, -0.05) is 13.8 Å². The number of hydrogen-bond acceptors (Lipinski definition) is 11. The highest BCUT2D eigenvalue weighted by Crippen LogP contribution is 2.53. The number of rotatable bonds is 12. The van der Waals surface area contributed by atoms with Gasteiger partial charge < -0.3 is 26.0 Å². The van der Waals surface area contributed by atoms with E-state index in [0.717, 1.165) is 0 Å². The lowest BCUT2D eigenvalue weighted by Gasteiger charge is -2.47. The number of aromatic nitrogens is 4. The van der Waals surface area contributed by atoms with E-state index in [1.165, 1.54) is 27.7 Å². The van der Waals surface area contributed by atoms with Gasteiger partial charge in [0.15, 0.2) is 5.78 Å². The lowest BCUT2D eigenvalue weighted by Crippen LogP contribution is -2.62. The summed E-state index contributed by atoms with van der Waals surface area (Å²) in [5.41, 5.74) is 5.40. The number of Topliss-reactive ketones (excluding diaryl/α,β-unsaturated/α-hetero) is 1. The van der Waals surface area contributed by atoms with Crippen molar-refractivity contribution >= 4 is 35.3 Å². The third-order valence-electron chi connectivity index (χ3n) is 8.76. The molecule has 4 aliphatic rings. The van der Waals surface area contributed by atoms with Gasteiger partial charge in [0, 0.05) is 68.3 Å². The molecule has 0 saturated carbocycles. The van der Waals surface area contributed by atoms with Gasteiger partial charge in [-0.25, -0.2) is 13.9 Å². The van der Waals surface area contributed by atoms with Crippen LogP contribution in [-0.4, -0.2) is 133 Å². The second-order valence-electron chi connectivity index (χ2n) is 11.7. The first kappa shape index (κ1) is 30.5. The maximum absolute atomic E-state index is 13.6. The van der Waals surface area contributed by atoms with Gasteiger partial charge >= 0.3 is 5.97 Å². The van der Waals surface area contributed by atoms with Gasteiger partial charge in [-0.05, 0) is 22.8 Å². The average molecular weight is 608 g/mol. The lowest BCUT2D eigenvalue weighted by atomic mass is 9.73. The highest BCUT2D eigenvalue weighted by Gasteiger charge is 2.60. The second-order valence-corrected chi connectivity index (χ2v) is 13.0. The first-order chi connectivity index (χ1) is 20.1. The molecule has 4 aliphatic heterocycles. The SMILES string of the molecule is C[C@@H](CC(=O)Cn1cnnn1)[C@@H]1C(=O)N2C(C(=O)O)=C(S[C@@H]3CN[C@H](C(=O)N4CCN(C[C@@H](F)CN)CC4)C3)[C@H](C)[C@@H]12. The summed E-state index contributed by atoms with van der Waals surface area (Å²) in [5.74, 6) is -2.48. The number of tetrazole rings is 1. The number of carbonyl (C=O) groups excluding carboxylic acids is 3. The first-order valence-corrected chi connectivity index (χ1v) is 15.2. The van der Waals surface area contributed by atoms with Gasteiger partial charge in [-0.2, -0.15) is 0 Å². The highest BCUT2D eigenvalue weighted by atomic mass is 32.2. The van der Waals surface area contributed by atoms with E-state index in [0.29, 0.717) is 44.0 Å². The molecule has 14 nitrogen and oxygen atoms in total. The zero-order chi connectivity index (χ0) is 30.1. The van der Waals surface area contributed by atoms with Gasteiger partial charge in [0.1, 0.15) is 24.7 Å². The zero-order valence-electron chi connectivity index (χ0n) is 23.8. The minimum atomic E-state index is -1.15. The third kappa shape index (κ3) is 6.07. The van der Waals surface area contributed by atoms with Crippen molar-refractivity contribution in [1.29, 1.82) is 0 Å². The van der Waals surface area contributed by atoms with Crippen LogP contribution in [0.3, 0.4) is 0 Å². The van der Waals surface area contributed by atoms with Crippen molar-refractivity contribution in [3.05, 3.63) is 16.9 Å². The Bertz CT molecular complexity index is 1220. The number of amides is 2. The van der Waals surface area contributed by atoms with E-state index in [-0.39, 0.29) is 78.5 Å². The Hall–Kier alpha value is -2.95. The predicted octanol–water partition coefficient (Wildman–Crippen LogP) is -1.05. The van der Waals surface area contributed by atoms with E-state index < -0.39 is 18.1 Å². The molecule has 0 aromatic carbocycles. The number of fused-ring (bicyclic) bond motifs is 1. The topological polar surface area (TPSA) is 180 Å². The number of aliphatic carboxylic acids is 1. The number of nitrogens with two attached hydrogens (primary N) is 1. The van der Waals surface area contributed by atoms with Crippen molar-refractivity contribution in [3.63, 3.8) is 0 Å². The molecule has 0 aliphatic carbocycles. The Morgan fingerprint density at radius 1 is 1.26 bits per heavy atom. The summed E-state index contributed by atoms with van der Waals surface area (Å²) in [4.78, 5) is 57.2. The molecule has 7 atom stereocenters. The number of ketones is 1. The summed E-state index contributed by atoms with van der Waals surface area (Å²) >= 11 is 1.43. The number of carboxylic acid groups (broad SMARTS) is 1. The maximum Gasteiger partial charge on any atom is 0.353 e. The van der Waals surface area contributed by atoms with Crippen molar-refractivity contribution in [2.75, 3.05) is 45.8 Å². The van der Waals surface area contributed by atoms with Gasteiger partial charge in [0.05, 0.1) is 18.0 Å². The number of thioether (sulfide) groups is 1. The minimum Gasteiger partial charge on any atom is -0.477 e. The van der Waals surface area contributed by atoms with Crippen LogP contribution in [0.15, 0.2) is 16.9 Å². The van der Waals surface area contributed by atoms with Crippen LogP contribution >= 0.6 is 11.8 Å². The summed E-state index contributed by atoms with van der Waals surface area (Å²) in [7, 11) is 0. The highest BCUT2D eigenvalue weighted by molar-refractivity contribution is 8.03. The largest absolute Gasteiger partial charge is 0.477 e. The van der Waals surface area contributed by atoms with Gasteiger partial charge in [-0.3, -0.25) is 19.3 Å². The number of nitrogens with zero attached hydrogens (tertiary/aromatic N) is 7. The quantitative estimate of drug-likeness (QED) is 0.246. The number of carbonyl (C=O) groups is 4. The molecular weight excluding hydrogens is 569 g/mol. The lowest BCUT2D eigenvalue weighted by molar-refractivity contribution is -0.160. The summed E-state index contributed by atoms with van der Waals surface area (Å²) in [6, 6.07) is -0.705. The standard InChI is InChI=1S/C26H38FN9O5S/c1-14(7-17(37)12-35-13-30-31-32-35)20-21-15(2)23(22(26(40)41)36(21)25(20)39)42-18-8-19(29-10-18)24(38)34-5-3-33(4-6-34)11-16(27)9-28/h13-16,18-21,29H,3-12,28H2,1-2H3,(H,40,41)/t14-,15+,16-,18-,19-,20-,21-/m0/s1. The molecule has 0 unspecified atom stereocenters. The van der Waals surface area contributed by atoms with Crippen LogP contribution in [0.2, 0.25) is 0 Å². The molecule has 3 fully saturated rings. The molecule has 0 spiro atoms. The first-order valence-electron chi connectivity index (χ1n) is 14.4. The molecule has 3 saturated heterocycles. The van der Waals surface area contributed by atoms with E-state index in [1.54, 1.807) is 4.90 Å². The van der Waals surface area contributed by atoms with Crippen molar-refractivity contribution < 1.29 is 28.7 Å². The summed E-state index contributed by atoms with van der Waals surface area (Å²) < 4.78 is 15.0. The third-order valence-corrected chi connectivity index (χ3v) is 10.3. The van der Waals surface area contributed by atoms with Crippen LogP contribution in [0, 0.1) is 17.8 Å². The number of halogens is 1. The zero-order valence-corrected chi connectivity index (χ0v) is 24.6. The Labute approximate surface area is 247 Å². The summed E-state index contributed by atoms with van der Waals surface area (Å²) in [5, 5.41) is 24.1. The Balaban J connectivity index is 1.17. The molecule has 230 valence electrons. The van der Waals surface area contributed by atoms with Gasteiger partial charge in [0.25, 0.3) is 0 Å². The van der Waals surface area contributed by atoms with Crippen LogP contribution in [0.1, 0.15) is 26.7 Å². The van der Waals surface area contributed by atoms with Crippen molar-refractivity contribution in [1.82, 2.24) is 40.2 Å². The number of alkyl halides is 1. The van der Waals surface area contributed by atoms with Crippen LogP contribution in [0.5, 0.6) is 0 Å². The van der Waals surface area contributed by atoms with E-state index >= 15 is 0 Å². The van der Waals surface area contributed by atoms with E-state index in [4.69, 9.17) is 5.73 Å². The summed E-state index contributed by atoms with van der Waals surface area (Å²) in [6.45, 7) is 6.82. The second kappa shape index (κ2) is 12.7. The fourth-order valence-corrected chi connectivity index (χ4v) is 8.12. The fraction of sp³-hybridized carbons (Fsp3) is 0.731. The number of carboxylic acids is 1. The minimum absolute atomic E-state index is 0.000455. The fourth-order valence-electron chi connectivity index (χ4n) is 6.64. The van der Waals surface area contributed by atoms with Crippen LogP contribution in [0.25, 0.3) is 0 Å². The molecule has 5 rings (SSSR count). The summed E-state index contributed by atoms with van der Waals surface area (Å²) in [6.07, 6.45) is 0.976. The Morgan fingerprint density at radius 2 is 2.00 bits per heavy atom. The molecule has 0 radical (unpaired) electrons. The van der Waals surface area contributed by atoms with Crippen LogP contribution in [0.4, 0.5) is 4.39 Å². The molecule has 5 heterocycles. The molecule has 0 bridgehead atoms. The molecule has 16 heteroatoms. The van der Waals surface area contributed by atoms with Crippen molar-refractivity contribution in [3.8, 4) is 0 Å². The molecular formula is C26H38FN9O5S. The van der Waals surface area contributed by atoms with E-state index in [2.05, 4.69) is 20.8 Å². The normalized spacial score (nSPS) is 29.4. The average Bonchev–Trinajstić information content (AvgIpc) is 3.69. The maximum atomic E-state index is 13.6. The number of hydrogen-bond donors (Lipinski definition) is 3. The molecule has 4 N–H and O–H groups in total. The predicted molar refractivity (Wildman–Crippen MR) is 149 cm³/mol. The van der Waals surface area contributed by atoms with E-state index in [9.17, 15) is 28.7 Å². The Morgan fingerprint density at radius 3 is 2.64 bits per heavy atom. The van der Waals surface area contributed by atoms with E-state index in [1.807, 2.05) is 18.7 Å². The molecule has 2 amide bonds. The molecule has 42 heavy (non-hydrogen) atoms. The Kier molecular flexibility index (Phi) is 9.25. The molecule has 1 aromatic rings. The van der Waals surface area contributed by atoms with Crippen molar-refractivity contribution in [2.24, 2.45) is 23.5 Å². The van der Waals surface area contributed by atoms with Gasteiger partial charge in [-0.15, -0.1) is 16.9 Å². The molecule has 1 aromatic heterocycles. The smallest absolute Gasteiger partial charge is 0.353 e. The number of piperazine rings is 1. The number of nitrogens with one attached hydrogen (secondary N) is 1. The van der Waals surface area contributed by atoms with Gasteiger partial charge in [0.2, 0.25) is 11.8 Å². The van der Waals surface area contributed by atoms with Crippen LogP contribution < -0.4 is 11.1 Å².